The Labute approximate surface area is 121 Å². The van der Waals surface area contributed by atoms with Crippen LogP contribution in [0.5, 0.6) is 0 Å². The van der Waals surface area contributed by atoms with Crippen LogP contribution in [0.4, 0.5) is 0 Å². The first kappa shape index (κ1) is 13.9. The van der Waals surface area contributed by atoms with E-state index in [-0.39, 0.29) is 17.4 Å². The lowest BCUT2D eigenvalue weighted by Gasteiger charge is -2.15. The Morgan fingerprint density at radius 2 is 2.20 bits per heavy atom. The Hall–Kier alpha value is -1.09. The average Bonchev–Trinajstić information content (AvgIpc) is 3.04. The van der Waals surface area contributed by atoms with Crippen LogP contribution in [-0.4, -0.2) is 34.9 Å². The van der Waals surface area contributed by atoms with E-state index in [1.165, 1.54) is 6.07 Å². The first-order chi connectivity index (χ1) is 9.58. The fourth-order valence-corrected chi connectivity index (χ4v) is 4.41. The molecule has 20 heavy (non-hydrogen) atoms. The predicted octanol–water partition coefficient (Wildman–Crippen LogP) is 1.13. The second-order valence-electron chi connectivity index (χ2n) is 5.00. The first-order valence-electron chi connectivity index (χ1n) is 6.47. The molecule has 1 aliphatic rings. The standard InChI is InChI=1S/C12H15N3O3S2/c16-10-5-1-3-8(10)7-13-20(17,18)11-6-2-4-9-12(11)15-19-14-9/h2,4,6,8,10,13,16H,1,3,5,7H2. The van der Waals surface area contributed by atoms with Gasteiger partial charge in [-0.15, -0.1) is 0 Å². The van der Waals surface area contributed by atoms with Crippen molar-refractivity contribution in [3.63, 3.8) is 0 Å². The molecule has 0 bridgehead atoms. The maximum atomic E-state index is 12.4. The molecule has 108 valence electrons. The van der Waals surface area contributed by atoms with E-state index in [1.807, 2.05) is 0 Å². The molecule has 0 amide bonds. The van der Waals surface area contributed by atoms with Gasteiger partial charge in [0, 0.05) is 6.54 Å². The molecule has 1 heterocycles. The third kappa shape index (κ3) is 2.56. The van der Waals surface area contributed by atoms with Crippen LogP contribution in [0, 0.1) is 5.92 Å². The predicted molar refractivity (Wildman–Crippen MR) is 76.0 cm³/mol. The summed E-state index contributed by atoms with van der Waals surface area (Å²) in [5, 5.41) is 9.74. The summed E-state index contributed by atoms with van der Waals surface area (Å²) in [7, 11) is -3.62. The van der Waals surface area contributed by atoms with E-state index in [1.54, 1.807) is 12.1 Å². The molecule has 1 aromatic heterocycles. The van der Waals surface area contributed by atoms with Crippen molar-refractivity contribution >= 4 is 32.8 Å². The summed E-state index contributed by atoms with van der Waals surface area (Å²) in [6.07, 6.45) is 2.14. The van der Waals surface area contributed by atoms with E-state index in [4.69, 9.17) is 0 Å². The van der Waals surface area contributed by atoms with Gasteiger partial charge < -0.3 is 5.11 Å². The van der Waals surface area contributed by atoms with Gasteiger partial charge in [0.2, 0.25) is 10.0 Å². The molecular formula is C12H15N3O3S2. The summed E-state index contributed by atoms with van der Waals surface area (Å²) in [6, 6.07) is 4.92. The lowest BCUT2D eigenvalue weighted by atomic mass is 10.1. The molecule has 0 saturated heterocycles. The minimum absolute atomic E-state index is 0.00228. The normalized spacial score (nSPS) is 23.4. The van der Waals surface area contributed by atoms with Crippen LogP contribution in [0.25, 0.3) is 11.0 Å². The molecule has 0 spiro atoms. The number of sulfonamides is 1. The third-order valence-corrected chi connectivity index (χ3v) is 5.69. The van der Waals surface area contributed by atoms with Gasteiger partial charge in [0.05, 0.1) is 17.8 Å². The van der Waals surface area contributed by atoms with E-state index in [2.05, 4.69) is 13.5 Å². The minimum atomic E-state index is -3.62. The third-order valence-electron chi connectivity index (χ3n) is 3.69. The molecule has 0 radical (unpaired) electrons. The Morgan fingerprint density at radius 3 is 2.95 bits per heavy atom. The zero-order valence-electron chi connectivity index (χ0n) is 10.7. The average molecular weight is 313 g/mol. The summed E-state index contributed by atoms with van der Waals surface area (Å²) in [6.45, 7) is 0.261. The zero-order valence-corrected chi connectivity index (χ0v) is 12.3. The van der Waals surface area contributed by atoms with Crippen LogP contribution in [0.2, 0.25) is 0 Å². The van der Waals surface area contributed by atoms with E-state index in [9.17, 15) is 13.5 Å². The summed E-state index contributed by atoms with van der Waals surface area (Å²) in [5.74, 6) is -0.00228. The molecule has 2 N–H and O–H groups in total. The van der Waals surface area contributed by atoms with Gasteiger partial charge in [-0.2, -0.15) is 8.75 Å². The molecule has 1 fully saturated rings. The number of hydrogen-bond acceptors (Lipinski definition) is 6. The fourth-order valence-electron chi connectivity index (χ4n) is 2.55. The fraction of sp³-hybridized carbons (Fsp3) is 0.500. The van der Waals surface area contributed by atoms with E-state index in [0.717, 1.165) is 31.0 Å². The molecule has 0 aliphatic heterocycles. The summed E-state index contributed by atoms with van der Waals surface area (Å²) in [4.78, 5) is 0.149. The molecule has 8 heteroatoms. The Balaban J connectivity index is 1.83. The summed E-state index contributed by atoms with van der Waals surface area (Å²) < 4.78 is 35.4. The maximum absolute atomic E-state index is 12.4. The van der Waals surface area contributed by atoms with Crippen LogP contribution < -0.4 is 4.72 Å². The smallest absolute Gasteiger partial charge is 0.242 e. The number of aliphatic hydroxyl groups is 1. The van der Waals surface area contributed by atoms with Gasteiger partial charge in [-0.3, -0.25) is 0 Å². The second kappa shape index (κ2) is 5.36. The Kier molecular flexibility index (Phi) is 3.72. The van der Waals surface area contributed by atoms with Gasteiger partial charge in [-0.25, -0.2) is 13.1 Å². The number of nitrogens with zero attached hydrogens (tertiary/aromatic N) is 2. The Morgan fingerprint density at radius 1 is 1.35 bits per heavy atom. The van der Waals surface area contributed by atoms with Crippen molar-refractivity contribution in [2.45, 2.75) is 30.3 Å². The highest BCUT2D eigenvalue weighted by molar-refractivity contribution is 7.89. The number of nitrogens with one attached hydrogen (secondary N) is 1. The van der Waals surface area contributed by atoms with Crippen molar-refractivity contribution in [1.82, 2.24) is 13.5 Å². The highest BCUT2D eigenvalue weighted by atomic mass is 32.2. The van der Waals surface area contributed by atoms with Gasteiger partial charge in [-0.1, -0.05) is 12.5 Å². The molecule has 2 atom stereocenters. The molecule has 3 rings (SSSR count). The van der Waals surface area contributed by atoms with Gasteiger partial charge in [0.1, 0.15) is 15.9 Å². The van der Waals surface area contributed by atoms with E-state index >= 15 is 0 Å². The van der Waals surface area contributed by atoms with E-state index < -0.39 is 16.1 Å². The van der Waals surface area contributed by atoms with Crippen LogP contribution in [0.1, 0.15) is 19.3 Å². The number of aliphatic hydroxyl groups excluding tert-OH is 1. The second-order valence-corrected chi connectivity index (χ2v) is 7.26. The summed E-state index contributed by atoms with van der Waals surface area (Å²) in [5.41, 5.74) is 0.982. The molecular weight excluding hydrogens is 298 g/mol. The Bertz CT molecular complexity index is 714. The van der Waals surface area contributed by atoms with Crippen LogP contribution in [-0.2, 0) is 10.0 Å². The molecule has 1 aliphatic carbocycles. The van der Waals surface area contributed by atoms with E-state index in [0.29, 0.717) is 11.0 Å². The highest BCUT2D eigenvalue weighted by Gasteiger charge is 2.27. The summed E-state index contributed by atoms with van der Waals surface area (Å²) >= 11 is 0.995. The van der Waals surface area contributed by atoms with Gasteiger partial charge >= 0.3 is 0 Å². The SMILES string of the molecule is O=S(=O)(NCC1CCCC1O)c1cccc2nsnc12. The number of hydrogen-bond donors (Lipinski definition) is 2. The zero-order chi connectivity index (χ0) is 14.2. The molecule has 2 unspecified atom stereocenters. The van der Waals surface area contributed by atoms with Crippen molar-refractivity contribution in [1.29, 1.82) is 0 Å². The lowest BCUT2D eigenvalue weighted by molar-refractivity contribution is 0.134. The van der Waals surface area contributed by atoms with Crippen LogP contribution in [0.15, 0.2) is 23.1 Å². The molecule has 1 aromatic carbocycles. The quantitative estimate of drug-likeness (QED) is 0.883. The van der Waals surface area contributed by atoms with Crippen molar-refractivity contribution in [2.75, 3.05) is 6.54 Å². The topological polar surface area (TPSA) is 92.2 Å². The van der Waals surface area contributed by atoms with Crippen molar-refractivity contribution < 1.29 is 13.5 Å². The van der Waals surface area contributed by atoms with Crippen LogP contribution in [0.3, 0.4) is 0 Å². The van der Waals surface area contributed by atoms with Gasteiger partial charge in [0.25, 0.3) is 0 Å². The largest absolute Gasteiger partial charge is 0.393 e. The molecule has 1 saturated carbocycles. The number of rotatable bonds is 4. The first-order valence-corrected chi connectivity index (χ1v) is 8.68. The molecule has 2 aromatic rings. The molecule has 6 nitrogen and oxygen atoms in total. The number of aromatic nitrogens is 2. The lowest BCUT2D eigenvalue weighted by Crippen LogP contribution is -2.32. The minimum Gasteiger partial charge on any atom is -0.393 e. The van der Waals surface area contributed by atoms with Crippen LogP contribution >= 0.6 is 11.7 Å². The monoisotopic (exact) mass is 313 g/mol. The maximum Gasteiger partial charge on any atom is 0.242 e. The highest BCUT2D eigenvalue weighted by Crippen LogP contribution is 2.26. The van der Waals surface area contributed by atoms with Crippen molar-refractivity contribution in [2.24, 2.45) is 5.92 Å². The van der Waals surface area contributed by atoms with Crippen molar-refractivity contribution in [3.05, 3.63) is 18.2 Å². The number of fused-ring (bicyclic) bond motifs is 1. The number of benzene rings is 1. The van der Waals surface area contributed by atoms with Crippen molar-refractivity contribution in [3.8, 4) is 0 Å². The van der Waals surface area contributed by atoms with Gasteiger partial charge in [-0.05, 0) is 30.9 Å². The van der Waals surface area contributed by atoms with Gasteiger partial charge in [0.15, 0.2) is 0 Å².